The van der Waals surface area contributed by atoms with Gasteiger partial charge in [0.25, 0.3) is 0 Å². The number of hydrogen-bond donors (Lipinski definition) is 0. The van der Waals surface area contributed by atoms with Gasteiger partial charge in [0.05, 0.1) is 0 Å². The van der Waals surface area contributed by atoms with Crippen LogP contribution in [0.15, 0.2) is 24.3 Å². The van der Waals surface area contributed by atoms with Crippen molar-refractivity contribution in [2.75, 3.05) is 13.2 Å². The molecule has 466 valence electrons. The predicted octanol–water partition coefficient (Wildman–Crippen LogP) is 24.6. The summed E-state index contributed by atoms with van der Waals surface area (Å²) in [4.78, 5) is 38.4. The molecule has 0 aliphatic heterocycles. The molecule has 0 heterocycles. The van der Waals surface area contributed by atoms with E-state index in [2.05, 4.69) is 45.1 Å². The molecule has 1 unspecified atom stereocenters. The second-order valence-corrected chi connectivity index (χ2v) is 24.5. The molecule has 79 heavy (non-hydrogen) atoms. The van der Waals surface area contributed by atoms with Crippen LogP contribution in [-0.4, -0.2) is 37.2 Å². The zero-order chi connectivity index (χ0) is 57.1. The Hall–Kier alpha value is -2.11. The third-order valence-corrected chi connectivity index (χ3v) is 16.4. The largest absolute Gasteiger partial charge is 0.462 e. The summed E-state index contributed by atoms with van der Waals surface area (Å²) in [5.41, 5.74) is 0. The minimum Gasteiger partial charge on any atom is -0.462 e. The Balaban J connectivity index is 4.20. The zero-order valence-corrected chi connectivity index (χ0v) is 53.7. The molecule has 0 aromatic heterocycles. The second-order valence-electron chi connectivity index (χ2n) is 24.5. The first-order chi connectivity index (χ1) is 39.0. The van der Waals surface area contributed by atoms with Crippen molar-refractivity contribution in [3.63, 3.8) is 0 Å². The molecular formula is C73H138O6. The Labute approximate surface area is 493 Å². The van der Waals surface area contributed by atoms with Crippen LogP contribution in [0, 0.1) is 0 Å². The number of allylic oxidation sites excluding steroid dienone is 4. The minimum absolute atomic E-state index is 0.0693. The molecule has 1 atom stereocenters. The average Bonchev–Trinajstić information content (AvgIpc) is 3.45. The summed E-state index contributed by atoms with van der Waals surface area (Å²) >= 11 is 0. The standard InChI is InChI=1S/C73H138O6/c1-4-7-10-13-16-19-22-25-27-29-31-33-34-35-36-37-38-40-41-43-45-48-51-54-57-60-63-66-72(75)78-69-70(68-77-71(74)65-62-59-56-53-50-47-24-21-18-15-12-9-6-3)79-73(76)67-64-61-58-55-52-49-46-44-42-39-32-30-28-26-23-20-17-14-11-8-5-2/h21,24,30,32,70H,4-20,22-23,25-29,31,33-69H2,1-3H3/b24-21-,32-30-. The summed E-state index contributed by atoms with van der Waals surface area (Å²) in [7, 11) is 0. The Morgan fingerprint density at radius 1 is 0.241 bits per heavy atom. The van der Waals surface area contributed by atoms with Crippen molar-refractivity contribution in [2.24, 2.45) is 0 Å². The van der Waals surface area contributed by atoms with Crippen LogP contribution in [0.2, 0.25) is 0 Å². The van der Waals surface area contributed by atoms with Gasteiger partial charge in [-0.3, -0.25) is 14.4 Å². The normalized spacial score (nSPS) is 12.1. The summed E-state index contributed by atoms with van der Waals surface area (Å²) in [6, 6.07) is 0. The van der Waals surface area contributed by atoms with Gasteiger partial charge >= 0.3 is 17.9 Å². The molecule has 0 aromatic rings. The molecule has 0 aliphatic rings. The highest BCUT2D eigenvalue weighted by Gasteiger charge is 2.19. The minimum atomic E-state index is -0.774. The topological polar surface area (TPSA) is 78.9 Å². The van der Waals surface area contributed by atoms with Crippen molar-refractivity contribution in [3.8, 4) is 0 Å². The number of unbranched alkanes of at least 4 members (excludes halogenated alkanes) is 52. The summed E-state index contributed by atoms with van der Waals surface area (Å²) in [6.07, 6.45) is 83.6. The summed E-state index contributed by atoms with van der Waals surface area (Å²) in [6.45, 7) is 6.70. The first-order valence-corrected chi connectivity index (χ1v) is 35.8. The Kier molecular flexibility index (Phi) is 66.6. The smallest absolute Gasteiger partial charge is 0.306 e. The Morgan fingerprint density at radius 2 is 0.418 bits per heavy atom. The number of hydrogen-bond acceptors (Lipinski definition) is 6. The molecule has 0 N–H and O–H groups in total. The van der Waals surface area contributed by atoms with Gasteiger partial charge in [0.1, 0.15) is 13.2 Å². The predicted molar refractivity (Wildman–Crippen MR) is 344 cm³/mol. The average molecular weight is 1110 g/mol. The summed E-state index contributed by atoms with van der Waals surface area (Å²) < 4.78 is 17.0. The summed E-state index contributed by atoms with van der Waals surface area (Å²) in [5, 5.41) is 0. The van der Waals surface area contributed by atoms with Gasteiger partial charge < -0.3 is 14.2 Å². The van der Waals surface area contributed by atoms with Gasteiger partial charge in [-0.2, -0.15) is 0 Å². The first kappa shape index (κ1) is 76.9. The number of carbonyl (C=O) groups excluding carboxylic acids is 3. The lowest BCUT2D eigenvalue weighted by atomic mass is 10.0. The quantitative estimate of drug-likeness (QED) is 0.0261. The molecule has 0 aromatic carbocycles. The monoisotopic (exact) mass is 1110 g/mol. The SMILES string of the molecule is CCCCCC/C=C\CCCCCCCC(=O)OCC(COC(=O)CCCCCCCCCCCCCCCCCCCCCCCCCCCCC)OC(=O)CCCCCCCCCCC/C=C\CCCCCCCCCC. The van der Waals surface area contributed by atoms with Crippen LogP contribution < -0.4 is 0 Å². The van der Waals surface area contributed by atoms with Crippen molar-refractivity contribution in [2.45, 2.75) is 412 Å². The van der Waals surface area contributed by atoms with E-state index in [4.69, 9.17) is 14.2 Å². The van der Waals surface area contributed by atoms with E-state index < -0.39 is 6.10 Å². The van der Waals surface area contributed by atoms with Crippen molar-refractivity contribution in [1.29, 1.82) is 0 Å². The highest BCUT2D eigenvalue weighted by atomic mass is 16.6. The van der Waals surface area contributed by atoms with Gasteiger partial charge in [0.15, 0.2) is 6.10 Å². The Morgan fingerprint density at radius 3 is 0.646 bits per heavy atom. The molecule has 0 aliphatic carbocycles. The van der Waals surface area contributed by atoms with Crippen LogP contribution >= 0.6 is 0 Å². The number of rotatable bonds is 67. The number of carbonyl (C=O) groups is 3. The lowest BCUT2D eigenvalue weighted by Crippen LogP contribution is -2.30. The van der Waals surface area contributed by atoms with Crippen LogP contribution in [0.4, 0.5) is 0 Å². The van der Waals surface area contributed by atoms with E-state index in [1.54, 1.807) is 0 Å². The van der Waals surface area contributed by atoms with Gasteiger partial charge in [-0.25, -0.2) is 0 Å². The number of ether oxygens (including phenoxy) is 3. The molecular weight excluding hydrogens is 973 g/mol. The maximum atomic E-state index is 12.9. The molecule has 0 spiro atoms. The lowest BCUT2D eigenvalue weighted by molar-refractivity contribution is -0.167. The van der Waals surface area contributed by atoms with Crippen LogP contribution in [0.1, 0.15) is 406 Å². The highest BCUT2D eigenvalue weighted by molar-refractivity contribution is 5.71. The fourth-order valence-electron chi connectivity index (χ4n) is 11.0. The van der Waals surface area contributed by atoms with E-state index in [1.165, 1.54) is 302 Å². The fraction of sp³-hybridized carbons (Fsp3) is 0.904. The molecule has 0 amide bonds. The van der Waals surface area contributed by atoms with E-state index in [-0.39, 0.29) is 31.1 Å². The van der Waals surface area contributed by atoms with E-state index in [1.807, 2.05) is 0 Å². The lowest BCUT2D eigenvalue weighted by Gasteiger charge is -2.18. The molecule has 0 bridgehead atoms. The third-order valence-electron chi connectivity index (χ3n) is 16.4. The van der Waals surface area contributed by atoms with Crippen LogP contribution in [0.5, 0.6) is 0 Å². The van der Waals surface area contributed by atoms with Crippen LogP contribution in [0.3, 0.4) is 0 Å². The maximum Gasteiger partial charge on any atom is 0.306 e. The van der Waals surface area contributed by atoms with E-state index in [0.717, 1.165) is 64.2 Å². The molecule has 0 radical (unpaired) electrons. The molecule has 0 fully saturated rings. The first-order valence-electron chi connectivity index (χ1n) is 35.8. The van der Waals surface area contributed by atoms with E-state index in [9.17, 15) is 14.4 Å². The summed E-state index contributed by atoms with van der Waals surface area (Å²) in [5.74, 6) is -0.850. The van der Waals surface area contributed by atoms with Crippen molar-refractivity contribution >= 4 is 17.9 Å². The zero-order valence-electron chi connectivity index (χ0n) is 53.7. The van der Waals surface area contributed by atoms with E-state index >= 15 is 0 Å². The van der Waals surface area contributed by atoms with Gasteiger partial charge in [0, 0.05) is 19.3 Å². The van der Waals surface area contributed by atoms with Gasteiger partial charge in [-0.15, -0.1) is 0 Å². The maximum absolute atomic E-state index is 12.9. The van der Waals surface area contributed by atoms with Gasteiger partial charge in [0.2, 0.25) is 0 Å². The second kappa shape index (κ2) is 68.4. The van der Waals surface area contributed by atoms with Crippen molar-refractivity contribution in [3.05, 3.63) is 24.3 Å². The molecule has 0 saturated heterocycles. The third kappa shape index (κ3) is 66.6. The molecule has 6 heteroatoms. The molecule has 0 rings (SSSR count). The van der Waals surface area contributed by atoms with Gasteiger partial charge in [-0.05, 0) is 70.6 Å². The van der Waals surface area contributed by atoms with E-state index in [0.29, 0.717) is 19.3 Å². The number of esters is 3. The van der Waals surface area contributed by atoms with Crippen LogP contribution in [-0.2, 0) is 28.6 Å². The molecule has 6 nitrogen and oxygen atoms in total. The molecule has 0 saturated carbocycles. The Bertz CT molecular complexity index is 1270. The van der Waals surface area contributed by atoms with Crippen molar-refractivity contribution in [1.82, 2.24) is 0 Å². The fourth-order valence-corrected chi connectivity index (χ4v) is 11.0. The van der Waals surface area contributed by atoms with Gasteiger partial charge in [-0.1, -0.05) is 340 Å². The van der Waals surface area contributed by atoms with Crippen LogP contribution in [0.25, 0.3) is 0 Å². The van der Waals surface area contributed by atoms with Crippen molar-refractivity contribution < 1.29 is 28.6 Å². The highest BCUT2D eigenvalue weighted by Crippen LogP contribution is 2.19.